The Labute approximate surface area is 86.1 Å². The highest BCUT2D eigenvalue weighted by atomic mass is 15.0. The van der Waals surface area contributed by atoms with Crippen LogP contribution in [-0.2, 0) is 13.5 Å². The molecule has 0 radical (unpaired) electrons. The molecular weight excluding hydrogens is 172 g/mol. The average molecular weight is 192 g/mol. The first-order valence-corrected chi connectivity index (χ1v) is 5.31. The third-order valence-corrected chi connectivity index (χ3v) is 3.45. The Morgan fingerprint density at radius 1 is 1.50 bits per heavy atom. The largest absolute Gasteiger partial charge is 0.352 e. The van der Waals surface area contributed by atoms with Gasteiger partial charge in [0.1, 0.15) is 0 Å². The number of hydrogen-bond acceptors (Lipinski definition) is 1. The second-order valence-corrected chi connectivity index (χ2v) is 5.40. The average Bonchev–Trinajstić information content (AvgIpc) is 2.30. The monoisotopic (exact) mass is 192 g/mol. The summed E-state index contributed by atoms with van der Waals surface area (Å²) in [5, 5.41) is 0. The van der Waals surface area contributed by atoms with E-state index in [1.807, 2.05) is 0 Å². The van der Waals surface area contributed by atoms with Crippen LogP contribution < -0.4 is 5.73 Å². The van der Waals surface area contributed by atoms with Gasteiger partial charge in [-0.2, -0.15) is 0 Å². The Morgan fingerprint density at radius 2 is 2.14 bits per heavy atom. The molecule has 0 spiro atoms. The van der Waals surface area contributed by atoms with Gasteiger partial charge in [0.2, 0.25) is 0 Å². The van der Waals surface area contributed by atoms with Crippen molar-refractivity contribution in [3.63, 3.8) is 0 Å². The van der Waals surface area contributed by atoms with Gasteiger partial charge < -0.3 is 10.3 Å². The van der Waals surface area contributed by atoms with Crippen LogP contribution in [-0.4, -0.2) is 4.57 Å². The fraction of sp³-hybridized carbons (Fsp3) is 0.667. The minimum Gasteiger partial charge on any atom is -0.352 e. The lowest BCUT2D eigenvalue weighted by atomic mass is 9.75. The predicted octanol–water partition coefficient (Wildman–Crippen LogP) is 2.31. The zero-order valence-corrected chi connectivity index (χ0v) is 9.59. The summed E-state index contributed by atoms with van der Waals surface area (Å²) in [6.45, 7) is 6.76. The molecule has 1 atom stereocenters. The SMILES string of the molecule is Cc1cc2c(n1C)CC(C)(C)CC2N. The first kappa shape index (κ1) is 9.78. The van der Waals surface area contributed by atoms with Crippen LogP contribution >= 0.6 is 0 Å². The molecule has 0 saturated carbocycles. The summed E-state index contributed by atoms with van der Waals surface area (Å²) < 4.78 is 2.29. The summed E-state index contributed by atoms with van der Waals surface area (Å²) >= 11 is 0. The van der Waals surface area contributed by atoms with E-state index in [1.165, 1.54) is 17.0 Å². The maximum absolute atomic E-state index is 6.19. The molecule has 2 N–H and O–H groups in total. The van der Waals surface area contributed by atoms with Crippen LogP contribution in [0.1, 0.15) is 43.3 Å². The maximum atomic E-state index is 6.19. The first-order chi connectivity index (χ1) is 6.41. The van der Waals surface area contributed by atoms with Gasteiger partial charge in [-0.05, 0) is 36.8 Å². The minimum absolute atomic E-state index is 0.230. The van der Waals surface area contributed by atoms with Gasteiger partial charge in [0.05, 0.1) is 0 Å². The Morgan fingerprint density at radius 3 is 2.79 bits per heavy atom. The fourth-order valence-electron chi connectivity index (χ4n) is 2.58. The van der Waals surface area contributed by atoms with Crippen molar-refractivity contribution in [3.8, 4) is 0 Å². The number of nitrogens with two attached hydrogens (primary N) is 1. The highest BCUT2D eigenvalue weighted by Crippen LogP contribution is 2.40. The lowest BCUT2D eigenvalue weighted by molar-refractivity contribution is 0.277. The van der Waals surface area contributed by atoms with Crippen molar-refractivity contribution in [3.05, 3.63) is 23.0 Å². The van der Waals surface area contributed by atoms with Crippen LogP contribution in [0, 0.1) is 12.3 Å². The van der Waals surface area contributed by atoms with Gasteiger partial charge >= 0.3 is 0 Å². The van der Waals surface area contributed by atoms with Gasteiger partial charge in [0, 0.05) is 24.5 Å². The smallest absolute Gasteiger partial charge is 0.0318 e. The van der Waals surface area contributed by atoms with Crippen LogP contribution in [0.2, 0.25) is 0 Å². The van der Waals surface area contributed by atoms with E-state index in [2.05, 4.69) is 38.5 Å². The van der Waals surface area contributed by atoms with E-state index in [-0.39, 0.29) is 6.04 Å². The molecule has 2 heteroatoms. The molecule has 1 unspecified atom stereocenters. The normalized spacial score (nSPS) is 24.8. The van der Waals surface area contributed by atoms with E-state index in [9.17, 15) is 0 Å². The molecule has 1 aliphatic rings. The standard InChI is InChI=1S/C12H20N2/c1-8-5-9-10(13)6-12(2,3)7-11(9)14(8)4/h5,10H,6-7,13H2,1-4H3. The van der Waals surface area contributed by atoms with Gasteiger partial charge in [-0.1, -0.05) is 13.8 Å². The fourth-order valence-corrected chi connectivity index (χ4v) is 2.58. The van der Waals surface area contributed by atoms with Crippen molar-refractivity contribution in [1.82, 2.24) is 4.57 Å². The molecule has 2 rings (SSSR count). The predicted molar refractivity (Wildman–Crippen MR) is 59.2 cm³/mol. The molecule has 1 aromatic heterocycles. The van der Waals surface area contributed by atoms with E-state index in [0.717, 1.165) is 12.8 Å². The number of aryl methyl sites for hydroxylation is 1. The van der Waals surface area contributed by atoms with Crippen LogP contribution in [0.15, 0.2) is 6.07 Å². The molecule has 0 bridgehead atoms. The van der Waals surface area contributed by atoms with E-state index < -0.39 is 0 Å². The molecule has 14 heavy (non-hydrogen) atoms. The van der Waals surface area contributed by atoms with Crippen LogP contribution in [0.4, 0.5) is 0 Å². The van der Waals surface area contributed by atoms with Crippen molar-refractivity contribution in [2.24, 2.45) is 18.2 Å². The summed E-state index contributed by atoms with van der Waals surface area (Å²) in [5.74, 6) is 0. The van der Waals surface area contributed by atoms with E-state index in [4.69, 9.17) is 5.73 Å². The highest BCUT2D eigenvalue weighted by molar-refractivity contribution is 5.33. The maximum Gasteiger partial charge on any atom is 0.0318 e. The second-order valence-electron chi connectivity index (χ2n) is 5.40. The van der Waals surface area contributed by atoms with Crippen molar-refractivity contribution in [1.29, 1.82) is 0 Å². The summed E-state index contributed by atoms with van der Waals surface area (Å²) in [6.07, 6.45) is 2.25. The topological polar surface area (TPSA) is 30.9 Å². The molecule has 1 aromatic rings. The van der Waals surface area contributed by atoms with Gasteiger partial charge in [-0.3, -0.25) is 0 Å². The van der Waals surface area contributed by atoms with Crippen molar-refractivity contribution >= 4 is 0 Å². The highest BCUT2D eigenvalue weighted by Gasteiger charge is 2.32. The third kappa shape index (κ3) is 1.38. The van der Waals surface area contributed by atoms with E-state index >= 15 is 0 Å². The summed E-state index contributed by atoms with van der Waals surface area (Å²) in [7, 11) is 2.14. The van der Waals surface area contributed by atoms with Crippen molar-refractivity contribution in [2.45, 2.75) is 39.7 Å². The lowest BCUT2D eigenvalue weighted by Gasteiger charge is -2.34. The quantitative estimate of drug-likeness (QED) is 0.672. The number of nitrogens with zero attached hydrogens (tertiary/aromatic N) is 1. The third-order valence-electron chi connectivity index (χ3n) is 3.45. The summed E-state index contributed by atoms with van der Waals surface area (Å²) in [5.41, 5.74) is 10.7. The van der Waals surface area contributed by atoms with Crippen LogP contribution in [0.5, 0.6) is 0 Å². The Hall–Kier alpha value is -0.760. The molecule has 1 heterocycles. The zero-order valence-electron chi connectivity index (χ0n) is 9.59. The Bertz CT molecular complexity index is 361. The molecule has 0 saturated heterocycles. The van der Waals surface area contributed by atoms with Crippen LogP contribution in [0.3, 0.4) is 0 Å². The first-order valence-electron chi connectivity index (χ1n) is 5.31. The zero-order chi connectivity index (χ0) is 10.5. The minimum atomic E-state index is 0.230. The summed E-state index contributed by atoms with van der Waals surface area (Å²) in [6, 6.07) is 2.48. The number of hydrogen-bond donors (Lipinski definition) is 1. The molecule has 1 aliphatic carbocycles. The van der Waals surface area contributed by atoms with Crippen molar-refractivity contribution in [2.75, 3.05) is 0 Å². The van der Waals surface area contributed by atoms with Gasteiger partial charge in [-0.25, -0.2) is 0 Å². The van der Waals surface area contributed by atoms with E-state index in [0.29, 0.717) is 5.41 Å². The van der Waals surface area contributed by atoms with Gasteiger partial charge in [0.25, 0.3) is 0 Å². The molecule has 0 fully saturated rings. The number of fused-ring (bicyclic) bond motifs is 1. The molecule has 0 amide bonds. The van der Waals surface area contributed by atoms with Crippen molar-refractivity contribution < 1.29 is 0 Å². The lowest BCUT2D eigenvalue weighted by Crippen LogP contribution is -2.30. The second kappa shape index (κ2) is 2.86. The molecule has 0 aromatic carbocycles. The molecule has 2 nitrogen and oxygen atoms in total. The molecule has 0 aliphatic heterocycles. The van der Waals surface area contributed by atoms with Gasteiger partial charge in [-0.15, -0.1) is 0 Å². The van der Waals surface area contributed by atoms with Gasteiger partial charge in [0.15, 0.2) is 0 Å². The summed E-state index contributed by atoms with van der Waals surface area (Å²) in [4.78, 5) is 0. The number of rotatable bonds is 0. The molecular formula is C12H20N2. The van der Waals surface area contributed by atoms with E-state index in [1.54, 1.807) is 0 Å². The number of aromatic nitrogens is 1. The Balaban J connectivity index is 2.51. The van der Waals surface area contributed by atoms with Crippen LogP contribution in [0.25, 0.3) is 0 Å². The Kier molecular flexibility index (Phi) is 2.00. The molecule has 78 valence electrons.